The molecule has 0 spiro atoms. The molecule has 1 amide bonds. The maximum absolute atomic E-state index is 13.3. The van der Waals surface area contributed by atoms with E-state index >= 15 is 0 Å². The van der Waals surface area contributed by atoms with Gasteiger partial charge in [0, 0.05) is 16.6 Å². The van der Waals surface area contributed by atoms with Crippen molar-refractivity contribution in [1.29, 1.82) is 0 Å². The van der Waals surface area contributed by atoms with Gasteiger partial charge in [0.15, 0.2) is 0 Å². The van der Waals surface area contributed by atoms with Gasteiger partial charge in [-0.1, -0.05) is 77.3 Å². The molecule has 0 aliphatic rings. The summed E-state index contributed by atoms with van der Waals surface area (Å²) in [7, 11) is -4.12. The fourth-order valence-electron chi connectivity index (χ4n) is 2.96. The van der Waals surface area contributed by atoms with Gasteiger partial charge in [-0.25, -0.2) is 13.8 Å². The molecule has 172 valence electrons. The molecule has 0 heterocycles. The quantitative estimate of drug-likeness (QED) is 0.315. The molecule has 0 bridgehead atoms. The first-order chi connectivity index (χ1) is 15.8. The van der Waals surface area contributed by atoms with E-state index in [1.54, 1.807) is 24.3 Å². The third kappa shape index (κ3) is 7.28. The van der Waals surface area contributed by atoms with Crippen LogP contribution < -0.4 is 5.43 Å². The number of hydrogen-bond donors (Lipinski definition) is 1. The SMILES string of the molecule is O=C(CN(CCc1ccccc1)S(=O)(=O)c1cc(Cl)ccc1Cl)N/N=C\c1cccc(Cl)c1. The molecular weight excluding hydrogens is 505 g/mol. The average Bonchev–Trinajstić information content (AvgIpc) is 2.79. The molecule has 0 atom stereocenters. The van der Waals surface area contributed by atoms with Gasteiger partial charge in [0.05, 0.1) is 17.8 Å². The number of nitrogens with one attached hydrogen (secondary N) is 1. The lowest BCUT2D eigenvalue weighted by molar-refractivity contribution is -0.121. The van der Waals surface area contributed by atoms with Crippen LogP contribution in [0.2, 0.25) is 15.1 Å². The third-order valence-corrected chi connectivity index (χ3v) is 7.37. The summed E-state index contributed by atoms with van der Waals surface area (Å²) in [6.45, 7) is -0.397. The Bertz CT molecular complexity index is 1250. The number of rotatable bonds is 9. The molecule has 0 saturated heterocycles. The third-order valence-electron chi connectivity index (χ3n) is 4.58. The van der Waals surface area contributed by atoms with Crippen LogP contribution in [0.4, 0.5) is 0 Å². The Hall–Kier alpha value is -2.42. The van der Waals surface area contributed by atoms with Crippen LogP contribution in [-0.2, 0) is 21.2 Å². The van der Waals surface area contributed by atoms with Gasteiger partial charge in [-0.3, -0.25) is 4.79 Å². The van der Waals surface area contributed by atoms with Crippen LogP contribution >= 0.6 is 34.8 Å². The molecule has 10 heteroatoms. The summed E-state index contributed by atoms with van der Waals surface area (Å²) in [5, 5.41) is 4.65. The zero-order valence-corrected chi connectivity index (χ0v) is 20.4. The Morgan fingerprint density at radius 3 is 2.39 bits per heavy atom. The van der Waals surface area contributed by atoms with Crippen molar-refractivity contribution in [3.05, 3.63) is 99.0 Å². The Balaban J connectivity index is 1.78. The van der Waals surface area contributed by atoms with Crippen molar-refractivity contribution in [2.45, 2.75) is 11.3 Å². The van der Waals surface area contributed by atoms with Crippen LogP contribution in [-0.4, -0.2) is 37.9 Å². The summed E-state index contributed by atoms with van der Waals surface area (Å²) in [6, 6.07) is 20.4. The molecule has 0 unspecified atom stereocenters. The van der Waals surface area contributed by atoms with Crippen molar-refractivity contribution in [1.82, 2.24) is 9.73 Å². The molecule has 0 aliphatic heterocycles. The minimum Gasteiger partial charge on any atom is -0.272 e. The summed E-state index contributed by atoms with van der Waals surface area (Å²) >= 11 is 18.1. The minimum absolute atomic E-state index is 0.0171. The molecule has 3 rings (SSSR count). The number of hydrazone groups is 1. The first-order valence-electron chi connectivity index (χ1n) is 9.82. The molecule has 0 saturated carbocycles. The van der Waals surface area contributed by atoms with Gasteiger partial charge in [-0.05, 0) is 47.9 Å². The van der Waals surface area contributed by atoms with Gasteiger partial charge in [0.25, 0.3) is 5.91 Å². The second-order valence-electron chi connectivity index (χ2n) is 7.00. The van der Waals surface area contributed by atoms with Crippen molar-refractivity contribution < 1.29 is 13.2 Å². The summed E-state index contributed by atoms with van der Waals surface area (Å²) < 4.78 is 27.7. The molecule has 3 aromatic rings. The van der Waals surface area contributed by atoms with Gasteiger partial charge in [0.2, 0.25) is 10.0 Å². The Labute approximate surface area is 207 Å². The fourth-order valence-corrected chi connectivity index (χ4v) is 5.29. The van der Waals surface area contributed by atoms with E-state index in [-0.39, 0.29) is 21.5 Å². The maximum Gasteiger partial charge on any atom is 0.255 e. The highest BCUT2D eigenvalue weighted by Gasteiger charge is 2.28. The van der Waals surface area contributed by atoms with Crippen molar-refractivity contribution >= 4 is 56.9 Å². The second-order valence-corrected chi connectivity index (χ2v) is 10.2. The molecular formula is C23H20Cl3N3O3S. The summed E-state index contributed by atoms with van der Waals surface area (Å²) in [4.78, 5) is 12.4. The number of sulfonamides is 1. The lowest BCUT2D eigenvalue weighted by atomic mass is 10.1. The van der Waals surface area contributed by atoms with E-state index in [0.29, 0.717) is 17.0 Å². The lowest BCUT2D eigenvalue weighted by Crippen LogP contribution is -2.40. The van der Waals surface area contributed by atoms with E-state index in [0.717, 1.165) is 9.87 Å². The van der Waals surface area contributed by atoms with Crippen molar-refractivity contribution in [2.75, 3.05) is 13.1 Å². The number of carbonyl (C=O) groups excluding carboxylic acids is 1. The number of hydrogen-bond acceptors (Lipinski definition) is 4. The summed E-state index contributed by atoms with van der Waals surface area (Å²) in [5.74, 6) is -0.608. The summed E-state index contributed by atoms with van der Waals surface area (Å²) in [5.41, 5.74) is 3.96. The van der Waals surface area contributed by atoms with Crippen LogP contribution in [0.25, 0.3) is 0 Å². The highest BCUT2D eigenvalue weighted by molar-refractivity contribution is 7.89. The number of halogens is 3. The van der Waals surface area contributed by atoms with E-state index < -0.39 is 22.5 Å². The number of carbonyl (C=O) groups is 1. The molecule has 33 heavy (non-hydrogen) atoms. The van der Waals surface area contributed by atoms with Crippen LogP contribution in [0.3, 0.4) is 0 Å². The molecule has 3 aromatic carbocycles. The molecule has 1 N–H and O–H groups in total. The minimum atomic E-state index is -4.12. The first kappa shape index (κ1) is 25.2. The number of benzene rings is 3. The van der Waals surface area contributed by atoms with Gasteiger partial charge in [-0.15, -0.1) is 0 Å². The Kier molecular flexibility index (Phi) is 8.88. The molecule has 0 radical (unpaired) electrons. The molecule has 0 aromatic heterocycles. The number of amides is 1. The predicted octanol–water partition coefficient (Wildman–Crippen LogP) is 5.03. The van der Waals surface area contributed by atoms with Crippen molar-refractivity contribution in [3.8, 4) is 0 Å². The monoisotopic (exact) mass is 523 g/mol. The van der Waals surface area contributed by atoms with Crippen molar-refractivity contribution in [2.24, 2.45) is 5.10 Å². The first-order valence-corrected chi connectivity index (χ1v) is 12.4. The van der Waals surface area contributed by atoms with E-state index in [4.69, 9.17) is 34.8 Å². The second kappa shape index (κ2) is 11.6. The predicted molar refractivity (Wildman–Crippen MR) is 133 cm³/mol. The van der Waals surface area contributed by atoms with E-state index in [9.17, 15) is 13.2 Å². The highest BCUT2D eigenvalue weighted by atomic mass is 35.5. The van der Waals surface area contributed by atoms with Gasteiger partial charge < -0.3 is 0 Å². The largest absolute Gasteiger partial charge is 0.272 e. The average molecular weight is 525 g/mol. The Morgan fingerprint density at radius 2 is 1.67 bits per heavy atom. The van der Waals surface area contributed by atoms with Gasteiger partial charge in [0.1, 0.15) is 4.90 Å². The normalized spacial score (nSPS) is 11.8. The zero-order valence-electron chi connectivity index (χ0n) is 17.3. The van der Waals surface area contributed by atoms with Crippen LogP contribution in [0.1, 0.15) is 11.1 Å². The molecule has 6 nitrogen and oxygen atoms in total. The van der Waals surface area contributed by atoms with E-state index in [1.807, 2.05) is 30.3 Å². The topological polar surface area (TPSA) is 78.8 Å². The standard InChI is InChI=1S/C23H20Cl3N3O3S/c24-19-8-4-7-18(13-19)15-27-28-23(30)16-29(12-11-17-5-2-1-3-6-17)33(31,32)22-14-20(25)9-10-21(22)26/h1-10,13-15H,11-12,16H2,(H,28,30)/b27-15-. The molecule has 0 fully saturated rings. The number of nitrogens with zero attached hydrogens (tertiary/aromatic N) is 2. The zero-order chi connectivity index (χ0) is 23.8. The van der Waals surface area contributed by atoms with Gasteiger partial charge in [-0.2, -0.15) is 9.41 Å². The Morgan fingerprint density at radius 1 is 0.939 bits per heavy atom. The van der Waals surface area contributed by atoms with Gasteiger partial charge >= 0.3 is 0 Å². The molecule has 0 aliphatic carbocycles. The smallest absolute Gasteiger partial charge is 0.255 e. The van der Waals surface area contributed by atoms with Crippen LogP contribution in [0, 0.1) is 0 Å². The van der Waals surface area contributed by atoms with Crippen LogP contribution in [0.5, 0.6) is 0 Å². The maximum atomic E-state index is 13.3. The van der Waals surface area contributed by atoms with E-state index in [1.165, 1.54) is 24.4 Å². The van der Waals surface area contributed by atoms with E-state index in [2.05, 4.69) is 10.5 Å². The van der Waals surface area contributed by atoms with Crippen LogP contribution in [0.15, 0.2) is 82.8 Å². The highest BCUT2D eigenvalue weighted by Crippen LogP contribution is 2.28. The fraction of sp³-hybridized carbons (Fsp3) is 0.130. The van der Waals surface area contributed by atoms with Crippen molar-refractivity contribution in [3.63, 3.8) is 0 Å². The summed E-state index contributed by atoms with van der Waals surface area (Å²) in [6.07, 6.45) is 1.82. The lowest BCUT2D eigenvalue weighted by Gasteiger charge is -2.22.